The van der Waals surface area contributed by atoms with Crippen LogP contribution in [0.15, 0.2) is 51.4 Å². The summed E-state index contributed by atoms with van der Waals surface area (Å²) < 4.78 is 44.8. The molecule has 0 spiro atoms. The Hall–Kier alpha value is -3.77. The molecule has 2 aromatic carbocycles. The number of nitrogens with one attached hydrogen (secondary N) is 1. The van der Waals surface area contributed by atoms with Crippen molar-refractivity contribution in [2.75, 3.05) is 0 Å². The highest BCUT2D eigenvalue weighted by Gasteiger charge is 2.43. The summed E-state index contributed by atoms with van der Waals surface area (Å²) in [4.78, 5) is 16.9. The average molecular weight is 574 g/mol. The number of benzene rings is 2. The molecule has 0 bridgehead atoms. The zero-order chi connectivity index (χ0) is 26.7. The van der Waals surface area contributed by atoms with Crippen molar-refractivity contribution in [3.8, 4) is 45.3 Å². The second-order valence-electron chi connectivity index (χ2n) is 9.07. The van der Waals surface area contributed by atoms with E-state index in [0.717, 1.165) is 10.0 Å². The number of hydrogen-bond acceptors (Lipinski definition) is 7. The number of aryl methyl sites for hydroxylation is 2. The molecule has 12 heteroatoms. The zero-order valence-electron chi connectivity index (χ0n) is 20.2. The molecular weight excluding hydrogens is 552 g/mol. The van der Waals surface area contributed by atoms with E-state index in [1.807, 2.05) is 24.3 Å². The standard InChI is InChI=1S/C25H22BrF2N5O4/c1-12-30-21(13-5-8-18-19(9-13)37-25(27,28)36-18)22(35-12)16-10-14(26)6-7-15(16)17-11-20(32-33(17)4)24(2,3)23(34)31-29/h5-11H,29H2,1-4H3,(H,31,34). The molecule has 0 atom stereocenters. The minimum Gasteiger partial charge on any atom is -0.440 e. The van der Waals surface area contributed by atoms with E-state index in [2.05, 4.69) is 40.9 Å². The van der Waals surface area contributed by atoms with Gasteiger partial charge in [-0.15, -0.1) is 8.78 Å². The van der Waals surface area contributed by atoms with Gasteiger partial charge in [-0.25, -0.2) is 10.8 Å². The number of fused-ring (bicyclic) bond motifs is 1. The molecule has 4 aromatic rings. The van der Waals surface area contributed by atoms with Crippen LogP contribution in [-0.4, -0.2) is 27.0 Å². The van der Waals surface area contributed by atoms with Crippen molar-refractivity contribution < 1.29 is 27.5 Å². The number of rotatable bonds is 5. The molecule has 1 aliphatic rings. The normalized spacial score (nSPS) is 14.2. The fourth-order valence-electron chi connectivity index (χ4n) is 4.15. The first-order valence-electron chi connectivity index (χ1n) is 11.1. The molecule has 1 amide bonds. The van der Waals surface area contributed by atoms with E-state index in [4.69, 9.17) is 10.3 Å². The number of nitrogens with zero attached hydrogens (tertiary/aromatic N) is 3. The molecule has 0 radical (unpaired) electrons. The predicted octanol–water partition coefficient (Wildman–Crippen LogP) is 5.07. The van der Waals surface area contributed by atoms with Gasteiger partial charge in [-0.1, -0.05) is 22.0 Å². The van der Waals surface area contributed by atoms with Gasteiger partial charge in [0.25, 0.3) is 0 Å². The van der Waals surface area contributed by atoms with Crippen LogP contribution in [0.25, 0.3) is 33.8 Å². The van der Waals surface area contributed by atoms with E-state index in [-0.39, 0.29) is 17.4 Å². The lowest BCUT2D eigenvalue weighted by atomic mass is 9.88. The van der Waals surface area contributed by atoms with Gasteiger partial charge in [-0.05, 0) is 50.2 Å². The minimum atomic E-state index is -3.73. The van der Waals surface area contributed by atoms with E-state index < -0.39 is 11.7 Å². The molecule has 192 valence electrons. The van der Waals surface area contributed by atoms with Crippen molar-refractivity contribution in [2.45, 2.75) is 32.5 Å². The summed E-state index contributed by atoms with van der Waals surface area (Å²) in [7, 11) is 1.77. The molecule has 1 aliphatic heterocycles. The molecule has 0 saturated heterocycles. The van der Waals surface area contributed by atoms with E-state index in [1.54, 1.807) is 38.6 Å². The van der Waals surface area contributed by atoms with Crippen LogP contribution in [0.1, 0.15) is 25.4 Å². The largest absolute Gasteiger partial charge is 0.586 e. The topological polar surface area (TPSA) is 117 Å². The minimum absolute atomic E-state index is 0.0646. The van der Waals surface area contributed by atoms with E-state index in [9.17, 15) is 13.6 Å². The van der Waals surface area contributed by atoms with Crippen molar-refractivity contribution in [3.05, 3.63) is 58.5 Å². The molecule has 37 heavy (non-hydrogen) atoms. The lowest BCUT2D eigenvalue weighted by Crippen LogP contribution is -2.43. The maximum Gasteiger partial charge on any atom is 0.586 e. The summed E-state index contributed by atoms with van der Waals surface area (Å²) in [6.07, 6.45) is -3.73. The quantitative estimate of drug-likeness (QED) is 0.194. The third kappa shape index (κ3) is 4.36. The third-order valence-corrected chi connectivity index (χ3v) is 6.62. The molecule has 0 aliphatic carbocycles. The highest BCUT2D eigenvalue weighted by molar-refractivity contribution is 9.10. The molecule has 3 heterocycles. The summed E-state index contributed by atoms with van der Waals surface area (Å²) in [5, 5.41) is 4.56. The van der Waals surface area contributed by atoms with E-state index in [1.165, 1.54) is 12.1 Å². The summed E-state index contributed by atoms with van der Waals surface area (Å²) in [6, 6.07) is 11.9. The Morgan fingerprint density at radius 1 is 1.11 bits per heavy atom. The highest BCUT2D eigenvalue weighted by Crippen LogP contribution is 2.45. The Morgan fingerprint density at radius 3 is 2.57 bits per heavy atom. The Labute approximate surface area is 218 Å². The van der Waals surface area contributed by atoms with Crippen LogP contribution in [-0.2, 0) is 17.3 Å². The van der Waals surface area contributed by atoms with Crippen molar-refractivity contribution >= 4 is 21.8 Å². The lowest BCUT2D eigenvalue weighted by Gasteiger charge is -2.19. The molecule has 9 nitrogen and oxygen atoms in total. The van der Waals surface area contributed by atoms with Crippen LogP contribution in [0.5, 0.6) is 11.5 Å². The van der Waals surface area contributed by atoms with Gasteiger partial charge in [-0.3, -0.25) is 14.9 Å². The first kappa shape index (κ1) is 24.9. The van der Waals surface area contributed by atoms with Crippen molar-refractivity contribution in [2.24, 2.45) is 12.9 Å². The highest BCUT2D eigenvalue weighted by atomic mass is 79.9. The summed E-state index contributed by atoms with van der Waals surface area (Å²) in [5.74, 6) is 5.63. The smallest absolute Gasteiger partial charge is 0.440 e. The SMILES string of the molecule is Cc1nc(-c2ccc3c(c2)OC(F)(F)O3)c(-c2cc(Br)ccc2-c2cc(C(C)(C)C(=O)NN)nn2C)o1. The number of hydrogen-bond donors (Lipinski definition) is 2. The molecule has 0 unspecified atom stereocenters. The third-order valence-electron chi connectivity index (χ3n) is 6.13. The fraction of sp³-hybridized carbons (Fsp3) is 0.240. The maximum atomic E-state index is 13.6. The number of nitrogens with two attached hydrogens (primary N) is 1. The van der Waals surface area contributed by atoms with Crippen LogP contribution in [0.4, 0.5) is 8.78 Å². The number of carbonyl (C=O) groups excluding carboxylic acids is 1. The van der Waals surface area contributed by atoms with E-state index in [0.29, 0.717) is 39.9 Å². The van der Waals surface area contributed by atoms with Gasteiger partial charge < -0.3 is 13.9 Å². The zero-order valence-corrected chi connectivity index (χ0v) is 21.8. The monoisotopic (exact) mass is 573 g/mol. The van der Waals surface area contributed by atoms with Crippen molar-refractivity contribution in [1.29, 1.82) is 0 Å². The first-order chi connectivity index (χ1) is 17.4. The van der Waals surface area contributed by atoms with Crippen LogP contribution < -0.4 is 20.7 Å². The molecule has 3 N–H and O–H groups in total. The van der Waals surface area contributed by atoms with Crippen LogP contribution in [0.3, 0.4) is 0 Å². The van der Waals surface area contributed by atoms with Crippen LogP contribution in [0.2, 0.25) is 0 Å². The number of oxazole rings is 1. The Bertz CT molecular complexity index is 1550. The Kier molecular flexibility index (Phi) is 5.83. The number of halogens is 3. The summed E-state index contributed by atoms with van der Waals surface area (Å²) >= 11 is 3.52. The average Bonchev–Trinajstić information content (AvgIpc) is 3.51. The number of hydrazine groups is 1. The van der Waals surface area contributed by atoms with Crippen LogP contribution in [0, 0.1) is 6.92 Å². The second kappa shape index (κ2) is 8.67. The maximum absolute atomic E-state index is 13.6. The van der Waals surface area contributed by atoms with Gasteiger partial charge in [0.15, 0.2) is 23.1 Å². The Morgan fingerprint density at radius 2 is 1.84 bits per heavy atom. The molecule has 5 rings (SSSR count). The van der Waals surface area contributed by atoms with Gasteiger partial charge in [0.05, 0.1) is 16.8 Å². The molecule has 0 saturated carbocycles. The van der Waals surface area contributed by atoms with Gasteiger partial charge in [0.2, 0.25) is 5.91 Å². The number of amides is 1. The number of aromatic nitrogens is 3. The summed E-state index contributed by atoms with van der Waals surface area (Å²) in [5.41, 5.74) is 4.79. The Balaban J connectivity index is 1.65. The number of ether oxygens (including phenoxy) is 2. The van der Waals surface area contributed by atoms with E-state index >= 15 is 0 Å². The number of alkyl halides is 2. The molecule has 0 fully saturated rings. The second-order valence-corrected chi connectivity index (χ2v) is 9.98. The van der Waals surface area contributed by atoms with Gasteiger partial charge in [0, 0.05) is 35.1 Å². The number of carbonyl (C=O) groups is 1. The summed E-state index contributed by atoms with van der Waals surface area (Å²) in [6.45, 7) is 5.15. The predicted molar refractivity (Wildman–Crippen MR) is 134 cm³/mol. The van der Waals surface area contributed by atoms with Gasteiger partial charge in [0.1, 0.15) is 5.69 Å². The van der Waals surface area contributed by atoms with Crippen LogP contribution >= 0.6 is 15.9 Å². The van der Waals surface area contributed by atoms with Gasteiger partial charge in [-0.2, -0.15) is 5.10 Å². The van der Waals surface area contributed by atoms with Crippen molar-refractivity contribution in [3.63, 3.8) is 0 Å². The first-order valence-corrected chi connectivity index (χ1v) is 11.9. The van der Waals surface area contributed by atoms with Gasteiger partial charge >= 0.3 is 6.29 Å². The fourth-order valence-corrected chi connectivity index (χ4v) is 4.51. The van der Waals surface area contributed by atoms with Crippen molar-refractivity contribution in [1.82, 2.24) is 20.2 Å². The lowest BCUT2D eigenvalue weighted by molar-refractivity contribution is -0.286. The molecular formula is C25H22BrF2N5O4. The molecule has 2 aromatic heterocycles.